The molecule has 0 saturated heterocycles. The van der Waals surface area contributed by atoms with E-state index in [0.29, 0.717) is 11.4 Å². The van der Waals surface area contributed by atoms with Crippen molar-refractivity contribution in [3.05, 3.63) is 36.2 Å². The third-order valence-electron chi connectivity index (χ3n) is 2.23. The highest BCUT2D eigenvalue weighted by Crippen LogP contribution is 2.16. The normalized spacial score (nSPS) is 11.6. The van der Waals surface area contributed by atoms with Crippen LogP contribution in [0.15, 0.2) is 35.4 Å². The molecule has 6 nitrogen and oxygen atoms in total. The van der Waals surface area contributed by atoms with Gasteiger partial charge < -0.3 is 5.73 Å². The van der Waals surface area contributed by atoms with Crippen molar-refractivity contribution >= 4 is 15.5 Å². The average molecular weight is 252 g/mol. The van der Waals surface area contributed by atoms with Crippen LogP contribution in [0.1, 0.15) is 5.69 Å². The quantitative estimate of drug-likeness (QED) is 0.797. The summed E-state index contributed by atoms with van der Waals surface area (Å²) in [5.41, 5.74) is 6.46. The fraction of sp³-hybridized carbons (Fsp3) is 0.200. The average Bonchev–Trinajstić information content (AvgIpc) is 2.63. The minimum atomic E-state index is -3.39. The van der Waals surface area contributed by atoms with Crippen LogP contribution >= 0.6 is 0 Å². The Labute approximate surface area is 99.0 Å². The van der Waals surface area contributed by atoms with E-state index in [9.17, 15) is 8.42 Å². The van der Waals surface area contributed by atoms with Crippen LogP contribution in [0.5, 0.6) is 0 Å². The van der Waals surface area contributed by atoms with Crippen LogP contribution in [-0.4, -0.2) is 23.4 Å². The van der Waals surface area contributed by atoms with Gasteiger partial charge in [-0.05, 0) is 24.3 Å². The van der Waals surface area contributed by atoms with Crippen molar-refractivity contribution < 1.29 is 8.42 Å². The number of anilines is 1. The molecule has 90 valence electrons. The van der Waals surface area contributed by atoms with E-state index in [0.717, 1.165) is 0 Å². The molecule has 0 aliphatic heterocycles. The number of aryl methyl sites for hydroxylation is 1. The van der Waals surface area contributed by atoms with Crippen molar-refractivity contribution in [3.8, 4) is 0 Å². The highest BCUT2D eigenvalue weighted by molar-refractivity contribution is 7.90. The molecule has 1 heterocycles. The van der Waals surface area contributed by atoms with Gasteiger partial charge in [0.25, 0.3) is 0 Å². The van der Waals surface area contributed by atoms with E-state index in [4.69, 9.17) is 5.73 Å². The summed E-state index contributed by atoms with van der Waals surface area (Å²) in [6.07, 6.45) is 1.58. The topological polar surface area (TPSA) is 90.9 Å². The third-order valence-corrected chi connectivity index (χ3v) is 3.89. The summed E-state index contributed by atoms with van der Waals surface area (Å²) in [6.45, 7) is 0. The van der Waals surface area contributed by atoms with Gasteiger partial charge in [-0.3, -0.25) is 4.68 Å². The number of benzene rings is 1. The number of nitrogens with zero attached hydrogens (tertiary/aromatic N) is 3. The van der Waals surface area contributed by atoms with Gasteiger partial charge in [0.1, 0.15) is 5.75 Å². The lowest BCUT2D eigenvalue weighted by atomic mass is 10.3. The maximum absolute atomic E-state index is 12.0. The molecule has 1 aromatic heterocycles. The first-order valence-corrected chi connectivity index (χ1v) is 6.56. The van der Waals surface area contributed by atoms with Gasteiger partial charge in [-0.1, -0.05) is 5.21 Å². The standard InChI is InChI=1S/C10H12N4O2S/c1-14-6-9(12-13-14)7-17(15,16)10-4-2-8(11)3-5-10/h2-6H,7,11H2,1H3. The SMILES string of the molecule is Cn1cc(CS(=O)(=O)c2ccc(N)cc2)nn1. The molecular weight excluding hydrogens is 240 g/mol. The first-order valence-electron chi connectivity index (χ1n) is 4.91. The first-order chi connectivity index (χ1) is 7.97. The highest BCUT2D eigenvalue weighted by atomic mass is 32.2. The minimum absolute atomic E-state index is 0.162. The van der Waals surface area contributed by atoms with Gasteiger partial charge in [0.15, 0.2) is 9.84 Å². The van der Waals surface area contributed by atoms with Crippen molar-refractivity contribution in [2.75, 3.05) is 5.73 Å². The fourth-order valence-electron chi connectivity index (χ4n) is 1.41. The van der Waals surface area contributed by atoms with Crippen LogP contribution in [0.4, 0.5) is 5.69 Å². The van der Waals surface area contributed by atoms with Crippen LogP contribution in [0, 0.1) is 0 Å². The Morgan fingerprint density at radius 1 is 1.29 bits per heavy atom. The molecule has 0 aliphatic rings. The van der Waals surface area contributed by atoms with Gasteiger partial charge in [-0.2, -0.15) is 0 Å². The monoisotopic (exact) mass is 252 g/mol. The molecule has 1 aromatic carbocycles. The maximum atomic E-state index is 12.0. The number of nitrogens with two attached hydrogens (primary N) is 1. The molecule has 7 heteroatoms. The summed E-state index contributed by atoms with van der Waals surface area (Å²) < 4.78 is 25.5. The Hall–Kier alpha value is -1.89. The Kier molecular flexibility index (Phi) is 2.84. The molecular formula is C10H12N4O2S. The number of sulfone groups is 1. The third kappa shape index (κ3) is 2.62. The van der Waals surface area contributed by atoms with Crippen molar-refractivity contribution in [1.82, 2.24) is 15.0 Å². The second kappa shape index (κ2) is 4.17. The molecule has 2 rings (SSSR count). The van der Waals surface area contributed by atoms with Gasteiger partial charge in [-0.15, -0.1) is 5.10 Å². The van der Waals surface area contributed by atoms with Gasteiger partial charge in [-0.25, -0.2) is 8.42 Å². The second-order valence-corrected chi connectivity index (χ2v) is 5.70. The summed E-state index contributed by atoms with van der Waals surface area (Å²) in [7, 11) is -1.70. The molecule has 0 spiro atoms. The van der Waals surface area contributed by atoms with E-state index >= 15 is 0 Å². The summed E-state index contributed by atoms with van der Waals surface area (Å²) in [5.74, 6) is -0.162. The number of hydrogen-bond donors (Lipinski definition) is 1. The minimum Gasteiger partial charge on any atom is -0.399 e. The van der Waals surface area contributed by atoms with Gasteiger partial charge in [0, 0.05) is 18.9 Å². The van der Waals surface area contributed by atoms with Gasteiger partial charge in [0.05, 0.1) is 10.6 Å². The van der Waals surface area contributed by atoms with Crippen LogP contribution < -0.4 is 5.73 Å². The number of aromatic nitrogens is 3. The first kappa shape index (κ1) is 11.6. The fourth-order valence-corrected chi connectivity index (χ4v) is 2.65. The highest BCUT2D eigenvalue weighted by Gasteiger charge is 2.16. The van der Waals surface area contributed by atoms with E-state index in [2.05, 4.69) is 10.3 Å². The van der Waals surface area contributed by atoms with Crippen molar-refractivity contribution in [2.24, 2.45) is 7.05 Å². The largest absolute Gasteiger partial charge is 0.399 e. The van der Waals surface area contributed by atoms with E-state index in [1.807, 2.05) is 0 Å². The number of rotatable bonds is 3. The Morgan fingerprint density at radius 2 is 1.94 bits per heavy atom. The van der Waals surface area contributed by atoms with Gasteiger partial charge >= 0.3 is 0 Å². The Bertz CT molecular complexity index is 616. The van der Waals surface area contributed by atoms with Gasteiger partial charge in [0.2, 0.25) is 0 Å². The smallest absolute Gasteiger partial charge is 0.184 e. The lowest BCUT2D eigenvalue weighted by Crippen LogP contribution is -2.05. The molecule has 0 unspecified atom stereocenters. The number of nitrogen functional groups attached to an aromatic ring is 1. The maximum Gasteiger partial charge on any atom is 0.184 e. The van der Waals surface area contributed by atoms with Crippen molar-refractivity contribution in [3.63, 3.8) is 0 Å². The van der Waals surface area contributed by atoms with E-state index in [1.165, 1.54) is 16.8 Å². The molecule has 17 heavy (non-hydrogen) atoms. The summed E-state index contributed by atoms with van der Waals surface area (Å²) in [4.78, 5) is 0.234. The zero-order chi connectivity index (χ0) is 12.5. The van der Waals surface area contributed by atoms with Crippen LogP contribution in [0.3, 0.4) is 0 Å². The Morgan fingerprint density at radius 3 is 2.47 bits per heavy atom. The molecule has 2 N–H and O–H groups in total. The van der Waals surface area contributed by atoms with E-state index in [-0.39, 0.29) is 10.6 Å². The predicted molar refractivity (Wildman–Crippen MR) is 62.7 cm³/mol. The second-order valence-electron chi connectivity index (χ2n) is 3.71. The van der Waals surface area contributed by atoms with Crippen LogP contribution in [0.2, 0.25) is 0 Å². The zero-order valence-electron chi connectivity index (χ0n) is 9.24. The molecule has 0 bridgehead atoms. The predicted octanol–water partition coefficient (Wildman–Crippen LogP) is 0.371. The lowest BCUT2D eigenvalue weighted by Gasteiger charge is -2.02. The van der Waals surface area contributed by atoms with Crippen LogP contribution in [0.25, 0.3) is 0 Å². The van der Waals surface area contributed by atoms with Crippen LogP contribution in [-0.2, 0) is 22.6 Å². The Balaban J connectivity index is 2.28. The summed E-state index contributed by atoms with van der Waals surface area (Å²) >= 11 is 0. The number of hydrogen-bond acceptors (Lipinski definition) is 5. The molecule has 0 atom stereocenters. The van der Waals surface area contributed by atoms with E-state index < -0.39 is 9.84 Å². The molecule has 0 aliphatic carbocycles. The summed E-state index contributed by atoms with van der Waals surface area (Å²) in [5, 5.41) is 7.44. The molecule has 0 saturated carbocycles. The van der Waals surface area contributed by atoms with Crippen molar-refractivity contribution in [1.29, 1.82) is 0 Å². The van der Waals surface area contributed by atoms with Crippen molar-refractivity contribution in [2.45, 2.75) is 10.6 Å². The molecule has 2 aromatic rings. The molecule has 0 amide bonds. The van der Waals surface area contributed by atoms with E-state index in [1.54, 1.807) is 25.4 Å². The molecule has 0 fully saturated rings. The zero-order valence-corrected chi connectivity index (χ0v) is 10.1. The lowest BCUT2D eigenvalue weighted by molar-refractivity contribution is 0.594. The summed E-state index contributed by atoms with van der Waals surface area (Å²) in [6, 6.07) is 6.09. The molecule has 0 radical (unpaired) electrons.